The van der Waals surface area contributed by atoms with Gasteiger partial charge in [-0.25, -0.2) is 17.6 Å². The maximum atomic E-state index is 14.6. The van der Waals surface area contributed by atoms with Gasteiger partial charge in [0.1, 0.15) is 11.6 Å². The monoisotopic (exact) mass is 594 g/mol. The smallest absolute Gasteiger partial charge is 0.429 e. The summed E-state index contributed by atoms with van der Waals surface area (Å²) in [7, 11) is 0. The Balaban J connectivity index is 1.18. The van der Waals surface area contributed by atoms with Crippen LogP contribution in [0, 0.1) is 41.0 Å². The number of hydrogen-bond donors (Lipinski definition) is 0. The molecular weight excluding hydrogens is 554 g/mol. The number of benzene rings is 2. The summed E-state index contributed by atoms with van der Waals surface area (Å²) in [6.45, 7) is 3.86. The number of halogens is 6. The van der Waals surface area contributed by atoms with Crippen molar-refractivity contribution in [1.29, 1.82) is 0 Å². The van der Waals surface area contributed by atoms with Crippen molar-refractivity contribution in [2.75, 3.05) is 0 Å². The first kappa shape index (κ1) is 32.2. The highest BCUT2D eigenvalue weighted by Crippen LogP contribution is 2.36. The maximum Gasteiger partial charge on any atom is 0.429 e. The third-order valence-corrected chi connectivity index (χ3v) is 8.57. The molecule has 0 radical (unpaired) electrons. The number of unbranched alkanes of at least 4 members (excludes halogenated alkanes) is 2. The van der Waals surface area contributed by atoms with Gasteiger partial charge in [0.05, 0.1) is 18.3 Å². The lowest BCUT2D eigenvalue weighted by Crippen LogP contribution is -2.24. The van der Waals surface area contributed by atoms with Crippen LogP contribution in [0.25, 0.3) is 0 Å². The molecule has 2 aromatic carbocycles. The Labute approximate surface area is 244 Å². The van der Waals surface area contributed by atoms with Crippen LogP contribution < -0.4 is 4.74 Å². The second-order valence-corrected chi connectivity index (χ2v) is 11.7. The summed E-state index contributed by atoms with van der Waals surface area (Å²) in [6.07, 6.45) is 16.6. The van der Waals surface area contributed by atoms with Gasteiger partial charge in [-0.05, 0) is 99.7 Å². The average Bonchev–Trinajstić information content (AvgIpc) is 2.97. The summed E-state index contributed by atoms with van der Waals surface area (Å²) >= 11 is 0. The van der Waals surface area contributed by atoms with E-state index >= 15 is 0 Å². The molecule has 0 saturated heterocycles. The molecule has 0 spiro atoms. The minimum atomic E-state index is -4.24. The van der Waals surface area contributed by atoms with Gasteiger partial charge in [-0.2, -0.15) is 8.78 Å². The first-order valence-electron chi connectivity index (χ1n) is 15.1. The molecule has 2 fully saturated rings. The molecule has 0 unspecified atom stereocenters. The molecule has 2 aliphatic rings. The lowest BCUT2D eigenvalue weighted by atomic mass is 9.78. The van der Waals surface area contributed by atoms with Gasteiger partial charge in [0, 0.05) is 12.1 Å². The van der Waals surface area contributed by atoms with Gasteiger partial charge in [0.15, 0.2) is 17.5 Å². The van der Waals surface area contributed by atoms with E-state index in [0.717, 1.165) is 50.2 Å². The zero-order valence-corrected chi connectivity index (χ0v) is 23.9. The highest BCUT2D eigenvalue weighted by Gasteiger charge is 2.38. The lowest BCUT2D eigenvalue weighted by Gasteiger charge is -2.29. The normalized spacial score (nSPS) is 23.3. The molecule has 0 aliphatic heterocycles. The molecule has 0 amide bonds. The van der Waals surface area contributed by atoms with Gasteiger partial charge < -0.3 is 9.47 Å². The molecule has 0 aromatic heterocycles. The Morgan fingerprint density at radius 1 is 0.786 bits per heavy atom. The molecule has 0 bridgehead atoms. The van der Waals surface area contributed by atoms with Crippen LogP contribution >= 0.6 is 0 Å². The fraction of sp³-hybridized carbons (Fsp3) is 0.529. The van der Waals surface area contributed by atoms with E-state index in [1.807, 2.05) is 6.08 Å². The minimum Gasteiger partial charge on any atom is -0.429 e. The van der Waals surface area contributed by atoms with E-state index in [1.165, 1.54) is 51.0 Å². The van der Waals surface area contributed by atoms with Crippen molar-refractivity contribution in [2.45, 2.75) is 95.9 Å². The van der Waals surface area contributed by atoms with Crippen molar-refractivity contribution in [2.24, 2.45) is 17.8 Å². The number of ether oxygens (including phenoxy) is 2. The number of hydrogen-bond acceptors (Lipinski definition) is 2. The van der Waals surface area contributed by atoms with Crippen LogP contribution in [0.2, 0.25) is 0 Å². The summed E-state index contributed by atoms with van der Waals surface area (Å²) < 4.78 is 93.7. The topological polar surface area (TPSA) is 18.5 Å². The molecule has 4 rings (SSSR count). The van der Waals surface area contributed by atoms with Gasteiger partial charge in [0.25, 0.3) is 0 Å². The van der Waals surface area contributed by atoms with Crippen LogP contribution in [0.3, 0.4) is 0 Å². The maximum absolute atomic E-state index is 14.6. The van der Waals surface area contributed by atoms with Gasteiger partial charge in [0.2, 0.25) is 0 Å². The highest BCUT2D eigenvalue weighted by atomic mass is 19.3. The van der Waals surface area contributed by atoms with Gasteiger partial charge in [-0.1, -0.05) is 37.1 Å². The molecule has 42 heavy (non-hydrogen) atoms. The molecule has 2 nitrogen and oxygen atoms in total. The molecule has 230 valence electrons. The SMILES string of the molecule is C=CCCCCC1CCC(/C=C/C2CCC(OCc3ccc(C(F)(F)Oc4cc(F)c(F)c(F)c4)c(F)c3)CC2)CC1. The predicted molar refractivity (Wildman–Crippen MR) is 151 cm³/mol. The standard InChI is InChI=1S/C34H40F6O2/c1-2-3-4-5-6-23-7-9-24(10-8-23)11-12-25-13-16-27(17-14-25)41-22-26-15-18-29(30(35)19-26)34(39,40)42-28-20-31(36)33(38)32(37)21-28/h2,11-12,15,18-21,23-25,27H,1,3-10,13-14,16-17,22H2/b12-11+. The average molecular weight is 595 g/mol. The van der Waals surface area contributed by atoms with Crippen LogP contribution in [0.15, 0.2) is 55.1 Å². The molecule has 2 saturated carbocycles. The molecule has 0 N–H and O–H groups in total. The van der Waals surface area contributed by atoms with Crippen LogP contribution in [0.4, 0.5) is 26.3 Å². The predicted octanol–water partition coefficient (Wildman–Crippen LogP) is 10.6. The molecular formula is C34H40F6O2. The summed E-state index contributed by atoms with van der Waals surface area (Å²) in [6, 6.07) is 3.63. The van der Waals surface area contributed by atoms with Crippen LogP contribution in [-0.4, -0.2) is 6.10 Å². The Bertz CT molecular complexity index is 1170. The highest BCUT2D eigenvalue weighted by molar-refractivity contribution is 5.30. The quantitative estimate of drug-likeness (QED) is 0.0994. The fourth-order valence-corrected chi connectivity index (χ4v) is 6.05. The molecule has 2 aromatic rings. The van der Waals surface area contributed by atoms with Crippen LogP contribution in [0.5, 0.6) is 5.75 Å². The van der Waals surface area contributed by atoms with Gasteiger partial charge in [-0.3, -0.25) is 0 Å². The largest absolute Gasteiger partial charge is 0.429 e. The van der Waals surface area contributed by atoms with Crippen LogP contribution in [0.1, 0.15) is 88.2 Å². The minimum absolute atomic E-state index is 0.0157. The van der Waals surface area contributed by atoms with Crippen molar-refractivity contribution in [3.63, 3.8) is 0 Å². The Morgan fingerprint density at radius 3 is 2.00 bits per heavy atom. The number of rotatable bonds is 13. The van der Waals surface area contributed by atoms with E-state index in [2.05, 4.69) is 23.5 Å². The lowest BCUT2D eigenvalue weighted by molar-refractivity contribution is -0.187. The Kier molecular flexibility index (Phi) is 11.6. The van der Waals surface area contributed by atoms with Gasteiger partial charge in [-0.15, -0.1) is 6.58 Å². The zero-order valence-electron chi connectivity index (χ0n) is 23.9. The molecule has 0 atom stereocenters. The van der Waals surface area contributed by atoms with Crippen molar-refractivity contribution in [3.05, 3.63) is 89.5 Å². The van der Waals surface area contributed by atoms with Gasteiger partial charge >= 0.3 is 6.11 Å². The van der Waals surface area contributed by atoms with Crippen molar-refractivity contribution in [1.82, 2.24) is 0 Å². The second-order valence-electron chi connectivity index (χ2n) is 11.7. The van der Waals surface area contributed by atoms with E-state index in [1.54, 1.807) is 0 Å². The first-order valence-corrected chi connectivity index (χ1v) is 15.1. The Hall–Kier alpha value is -2.74. The van der Waals surface area contributed by atoms with E-state index in [9.17, 15) is 26.3 Å². The van der Waals surface area contributed by atoms with Crippen molar-refractivity contribution >= 4 is 0 Å². The summed E-state index contributed by atoms with van der Waals surface area (Å²) in [5, 5.41) is 0. The molecule has 0 heterocycles. The summed E-state index contributed by atoms with van der Waals surface area (Å²) in [5.41, 5.74) is -0.732. The van der Waals surface area contributed by atoms with E-state index in [0.29, 0.717) is 17.4 Å². The summed E-state index contributed by atoms with van der Waals surface area (Å²) in [4.78, 5) is 0. The van der Waals surface area contributed by atoms with E-state index in [4.69, 9.17) is 4.74 Å². The molecule has 2 aliphatic carbocycles. The summed E-state index contributed by atoms with van der Waals surface area (Å²) in [5.74, 6) is -5.33. The zero-order chi connectivity index (χ0) is 30.1. The Morgan fingerprint density at radius 2 is 1.40 bits per heavy atom. The second kappa shape index (κ2) is 15.1. The number of allylic oxidation sites excluding steroid dienone is 3. The third kappa shape index (κ3) is 9.13. The van der Waals surface area contributed by atoms with E-state index in [-0.39, 0.29) is 24.8 Å². The third-order valence-electron chi connectivity index (χ3n) is 8.57. The first-order chi connectivity index (χ1) is 20.1. The fourth-order valence-electron chi connectivity index (χ4n) is 6.05. The molecule has 8 heteroatoms. The van der Waals surface area contributed by atoms with E-state index < -0.39 is 40.7 Å². The van der Waals surface area contributed by atoms with Crippen molar-refractivity contribution < 1.29 is 35.8 Å². The van der Waals surface area contributed by atoms with Crippen molar-refractivity contribution in [3.8, 4) is 5.75 Å². The number of alkyl halides is 2. The van der Waals surface area contributed by atoms with Crippen LogP contribution in [-0.2, 0) is 17.5 Å².